The standard InChI is InChI=1S/C24H26FN7O.2C23H24F2N8.C22H26N8OS/c1-31-13-17(10-27-31)15-5-3-6-16(9-15)23-26-12-19(18-11-28-32(2)14-18)24(30-23)29-21-8-4-7-20(25)22(21)33;2*1-31-11-17(8-28-31)15-4-3-5-16(6-15)21-27-10-20(18-9-29-32(2)12-18)22(30-21)33-13-19(26)7-23(24,25)14-33;1-29-14-18(11-26-29)16-6-4-7-17(10-16)21-25-13-20(19-12-27-30(2)15-19)22(28-21)24-8-5-9-32(3,23)31/h3,5-6,9-14,20-22,33H,4,7-8H2,1-2H3,(H,26,29,30);2*3-6,8-12,19H,7,13-14,26H2,1-2H3;4,6-7,10-15,23H,5,8-9H2,1-3H3,(H,24,25,28)/t20-,21-,22+;2*19-;/m010./s1. The van der Waals surface area contributed by atoms with Crippen molar-refractivity contribution in [1.29, 1.82) is 4.78 Å². The summed E-state index contributed by atoms with van der Waals surface area (Å²) in [5, 5.41) is 50.9. The van der Waals surface area contributed by atoms with E-state index in [1.54, 1.807) is 123 Å². The van der Waals surface area contributed by atoms with Gasteiger partial charge in [-0.05, 0) is 72.2 Å². The van der Waals surface area contributed by atoms with Crippen molar-refractivity contribution in [2.45, 2.75) is 80.8 Å². The number of halogens is 5. The van der Waals surface area contributed by atoms with Crippen LogP contribution in [0.4, 0.5) is 45.2 Å². The second-order valence-electron chi connectivity index (χ2n) is 33.4. The van der Waals surface area contributed by atoms with Crippen LogP contribution in [0.5, 0.6) is 0 Å². The zero-order valence-electron chi connectivity index (χ0n) is 73.6. The molecule has 1 aliphatic carbocycles. The van der Waals surface area contributed by atoms with E-state index in [2.05, 4.69) is 71.4 Å². The molecular formula is C92H100F5N31O2S. The molecule has 2 aliphatic heterocycles. The summed E-state index contributed by atoms with van der Waals surface area (Å²) >= 11 is 0. The second-order valence-corrected chi connectivity index (χ2v) is 35.8. The molecule has 0 amide bonds. The number of benzene rings is 4. The van der Waals surface area contributed by atoms with E-state index in [1.807, 2.05) is 201 Å². The number of hydrogen-bond acceptors (Lipinski definition) is 25. The van der Waals surface area contributed by atoms with E-state index in [9.17, 15) is 31.3 Å². The van der Waals surface area contributed by atoms with Gasteiger partial charge in [0.05, 0.1) is 68.7 Å². The van der Waals surface area contributed by atoms with E-state index < -0.39 is 65.1 Å². The van der Waals surface area contributed by atoms with Crippen molar-refractivity contribution in [1.82, 2.24) is 118 Å². The summed E-state index contributed by atoms with van der Waals surface area (Å²) < 4.78 is 105. The van der Waals surface area contributed by atoms with Gasteiger partial charge >= 0.3 is 0 Å². The van der Waals surface area contributed by atoms with E-state index in [-0.39, 0.29) is 25.9 Å². The van der Waals surface area contributed by atoms with E-state index in [1.165, 1.54) is 6.26 Å². The number of aryl methyl sites for hydroxylation is 8. The summed E-state index contributed by atoms with van der Waals surface area (Å²) in [7, 11) is 12.3. The first-order valence-corrected chi connectivity index (χ1v) is 44.6. The van der Waals surface area contributed by atoms with Crippen LogP contribution in [0.2, 0.25) is 0 Å². The molecule has 6 atom stereocenters. The molecule has 3 aliphatic rings. The Labute approximate surface area is 752 Å². The highest BCUT2D eigenvalue weighted by molar-refractivity contribution is 7.91. The first-order valence-electron chi connectivity index (χ1n) is 42.4. The maximum Gasteiger partial charge on any atom is 0.266 e. The van der Waals surface area contributed by atoms with Crippen molar-refractivity contribution in [3.05, 3.63) is 221 Å². The highest BCUT2D eigenvalue weighted by Crippen LogP contribution is 2.41. The van der Waals surface area contributed by atoms with Gasteiger partial charge in [-0.3, -0.25) is 46.4 Å². The van der Waals surface area contributed by atoms with Gasteiger partial charge in [0.2, 0.25) is 0 Å². The first-order chi connectivity index (χ1) is 62.8. The van der Waals surface area contributed by atoms with Gasteiger partial charge in [-0.2, -0.15) is 40.8 Å². The van der Waals surface area contributed by atoms with Gasteiger partial charge in [-0.15, -0.1) is 0 Å². The lowest BCUT2D eigenvalue weighted by Gasteiger charge is -2.37. The number of piperidine rings is 2. The maximum atomic E-state index is 14.4. The topological polar surface area (TPSA) is 389 Å². The fraction of sp³-hybridized carbons (Fsp3) is 0.304. The molecule has 1 saturated carbocycles. The van der Waals surface area contributed by atoms with Gasteiger partial charge in [0, 0.05) is 286 Å². The number of aromatic nitrogens is 24. The van der Waals surface area contributed by atoms with Crippen LogP contribution in [-0.4, -0.2) is 214 Å². The Morgan fingerprint density at radius 3 is 1.04 bits per heavy atom. The Balaban J connectivity index is 0.000000128. The lowest BCUT2D eigenvalue weighted by atomic mass is 9.91. The van der Waals surface area contributed by atoms with Crippen molar-refractivity contribution in [3.8, 4) is 135 Å². The lowest BCUT2D eigenvalue weighted by Crippen LogP contribution is -2.53. The lowest BCUT2D eigenvalue weighted by molar-refractivity contribution is -0.0181. The van der Waals surface area contributed by atoms with Crippen molar-refractivity contribution in [2.75, 3.05) is 65.2 Å². The molecule has 4 aromatic carbocycles. The molecule has 16 aromatic rings. The molecule has 8 N–H and O–H groups in total. The quantitative estimate of drug-likeness (QED) is 0.0287. The molecule has 0 bridgehead atoms. The third-order valence-corrected chi connectivity index (χ3v) is 23.5. The summed E-state index contributed by atoms with van der Waals surface area (Å²) in [5.41, 5.74) is 29.3. The monoisotopic (exact) mass is 1800 g/mol. The molecule has 0 radical (unpaired) electrons. The predicted molar refractivity (Wildman–Crippen MR) is 494 cm³/mol. The number of rotatable bonds is 21. The van der Waals surface area contributed by atoms with E-state index in [4.69, 9.17) is 36.2 Å². The summed E-state index contributed by atoms with van der Waals surface area (Å²) in [6, 6.07) is 29.8. The molecule has 2 saturated heterocycles. The molecular weight excluding hydrogens is 1700 g/mol. The number of alkyl halides is 5. The average Bonchev–Trinajstić information content (AvgIpc) is 1.69. The fourth-order valence-corrected chi connectivity index (χ4v) is 16.8. The van der Waals surface area contributed by atoms with Crippen LogP contribution in [0.25, 0.3) is 135 Å². The van der Waals surface area contributed by atoms with Crippen LogP contribution in [0.1, 0.15) is 38.5 Å². The Bertz CT molecular complexity index is 6610. The summed E-state index contributed by atoms with van der Waals surface area (Å²) in [6.45, 7) is 0.244. The van der Waals surface area contributed by atoms with Gasteiger partial charge < -0.3 is 37.0 Å². The summed E-state index contributed by atoms with van der Waals surface area (Å²) in [5.74, 6) is -1.32. The fourth-order valence-electron chi connectivity index (χ4n) is 16.1. The third kappa shape index (κ3) is 22.1. The van der Waals surface area contributed by atoms with E-state index in [0.29, 0.717) is 95.7 Å². The zero-order valence-corrected chi connectivity index (χ0v) is 74.4. The molecule has 0 spiro atoms. The highest BCUT2D eigenvalue weighted by atomic mass is 32.2. The smallest absolute Gasteiger partial charge is 0.266 e. The van der Waals surface area contributed by atoms with Crippen LogP contribution in [0.15, 0.2) is 221 Å². The molecule has 33 nitrogen and oxygen atoms in total. The van der Waals surface area contributed by atoms with Gasteiger partial charge in [0.1, 0.15) is 35.5 Å². The molecule has 14 heterocycles. The zero-order chi connectivity index (χ0) is 92.0. The molecule has 39 heteroatoms. The molecule has 131 heavy (non-hydrogen) atoms. The minimum Gasteiger partial charge on any atom is -0.388 e. The van der Waals surface area contributed by atoms with Crippen molar-refractivity contribution >= 4 is 33.0 Å². The van der Waals surface area contributed by atoms with Gasteiger partial charge in [0.15, 0.2) is 23.3 Å². The highest BCUT2D eigenvalue weighted by Gasteiger charge is 2.42. The number of nitrogens with one attached hydrogen (secondary N) is 3. The van der Waals surface area contributed by atoms with Crippen molar-refractivity contribution in [2.24, 2.45) is 67.8 Å². The minimum absolute atomic E-state index is 0.287. The van der Waals surface area contributed by atoms with Crippen LogP contribution in [0, 0.1) is 4.78 Å². The van der Waals surface area contributed by atoms with Crippen molar-refractivity contribution < 1.29 is 31.3 Å². The van der Waals surface area contributed by atoms with E-state index in [0.717, 1.165) is 100 Å². The van der Waals surface area contributed by atoms with Gasteiger partial charge in [-0.1, -0.05) is 72.8 Å². The number of nitrogens with zero attached hydrogens (tertiary/aromatic N) is 26. The Morgan fingerprint density at radius 2 is 0.718 bits per heavy atom. The summed E-state index contributed by atoms with van der Waals surface area (Å²) in [6.07, 6.45) is 37.0. The minimum atomic E-state index is -2.89. The second kappa shape index (κ2) is 38.5. The van der Waals surface area contributed by atoms with Crippen molar-refractivity contribution in [3.63, 3.8) is 0 Å². The Hall–Kier alpha value is -14.4. The summed E-state index contributed by atoms with van der Waals surface area (Å²) in [4.78, 5) is 40.6. The molecule has 12 aromatic heterocycles. The average molecular weight is 1800 g/mol. The number of aliphatic hydroxyl groups is 1. The van der Waals surface area contributed by atoms with Gasteiger partial charge in [0.25, 0.3) is 11.8 Å². The first kappa shape index (κ1) is 89.9. The Morgan fingerprint density at radius 1 is 0.420 bits per heavy atom. The molecule has 1 unspecified atom stereocenters. The molecule has 3 fully saturated rings. The Kier molecular flexibility index (Phi) is 26.4. The SMILES string of the molecule is Cn1cc(-c2cccc(-c3ncc(-c4cnn(C)c4)c(N4C[C@@H](N)CC(F)(F)C4)n3)c2)cn1.Cn1cc(-c2cccc(-c3ncc(-c4cnn(C)c4)c(N4C[C@H](N)CC(F)(F)C4)n3)c2)cn1.Cn1cc(-c2cccc(-c3ncc(-c4cnn(C)c4)c(NCCCS(C)(=N)=O)n3)c2)cn1.Cn1cc(-c2cccc(-c3ncc(-c4cnn(C)c4)c(N[C@H]4CCC[C@H](F)[C@H]4O)n3)c2)cn1. The number of aliphatic hydroxyl groups excluding tert-OH is 1. The molecule has 19 rings (SSSR count). The number of nitrogens with two attached hydrogens (primary N) is 2. The third-order valence-electron chi connectivity index (χ3n) is 22.4. The molecule has 676 valence electrons. The normalized spacial score (nSPS) is 17.5. The van der Waals surface area contributed by atoms with E-state index >= 15 is 0 Å². The van der Waals surface area contributed by atoms with Crippen LogP contribution < -0.4 is 31.9 Å². The van der Waals surface area contributed by atoms with Gasteiger partial charge in [-0.25, -0.2) is 61.8 Å². The van der Waals surface area contributed by atoms with Crippen LogP contribution in [0.3, 0.4) is 0 Å². The largest absolute Gasteiger partial charge is 0.388 e. The number of anilines is 4. The van der Waals surface area contributed by atoms with Crippen LogP contribution in [-0.2, 0) is 66.1 Å². The van der Waals surface area contributed by atoms with Crippen LogP contribution >= 0.6 is 0 Å². The maximum absolute atomic E-state index is 14.4. The number of hydrogen-bond donors (Lipinski definition) is 6. The predicted octanol–water partition coefficient (Wildman–Crippen LogP) is 13.3.